The van der Waals surface area contributed by atoms with E-state index < -0.39 is 10.7 Å². The van der Waals surface area contributed by atoms with Gasteiger partial charge in [0.2, 0.25) is 0 Å². The van der Waals surface area contributed by atoms with E-state index in [0.29, 0.717) is 32.8 Å². The van der Waals surface area contributed by atoms with Gasteiger partial charge < -0.3 is 19.5 Å². The van der Waals surface area contributed by atoms with Gasteiger partial charge in [0.25, 0.3) is 5.69 Å². The van der Waals surface area contributed by atoms with E-state index in [2.05, 4.69) is 5.32 Å². The summed E-state index contributed by atoms with van der Waals surface area (Å²) in [7, 11) is 1.56. The van der Waals surface area contributed by atoms with E-state index in [1.54, 1.807) is 13.2 Å². The second-order valence-corrected chi connectivity index (χ2v) is 5.04. The molecular formula is C14H20N2O5. The van der Waals surface area contributed by atoms with Crippen molar-refractivity contribution >= 4 is 11.4 Å². The first-order chi connectivity index (χ1) is 10.0. The molecule has 0 amide bonds. The van der Waals surface area contributed by atoms with Crippen LogP contribution < -0.4 is 5.32 Å². The van der Waals surface area contributed by atoms with Crippen molar-refractivity contribution in [3.05, 3.63) is 33.9 Å². The van der Waals surface area contributed by atoms with Crippen LogP contribution in [0.1, 0.15) is 18.9 Å². The molecule has 1 fully saturated rings. The Labute approximate surface area is 123 Å². The number of hydrogen-bond donors (Lipinski definition) is 1. The highest BCUT2D eigenvalue weighted by Gasteiger charge is 2.30. The van der Waals surface area contributed by atoms with Crippen molar-refractivity contribution in [2.45, 2.75) is 25.7 Å². The van der Waals surface area contributed by atoms with E-state index in [1.165, 1.54) is 12.1 Å². The lowest BCUT2D eigenvalue weighted by atomic mass is 10.1. The monoisotopic (exact) mass is 296 g/mol. The summed E-state index contributed by atoms with van der Waals surface area (Å²) in [6, 6.07) is 4.70. The zero-order valence-electron chi connectivity index (χ0n) is 12.3. The Kier molecular flexibility index (Phi) is 5.11. The fourth-order valence-corrected chi connectivity index (χ4v) is 2.27. The Morgan fingerprint density at radius 1 is 1.43 bits per heavy atom. The third-order valence-electron chi connectivity index (χ3n) is 3.39. The van der Waals surface area contributed by atoms with Crippen molar-refractivity contribution in [3.8, 4) is 0 Å². The molecule has 0 atom stereocenters. The fourth-order valence-electron chi connectivity index (χ4n) is 2.27. The molecule has 1 N–H and O–H groups in total. The summed E-state index contributed by atoms with van der Waals surface area (Å²) in [5.41, 5.74) is 1.64. The Morgan fingerprint density at radius 2 is 2.14 bits per heavy atom. The molecule has 7 heteroatoms. The highest BCUT2D eigenvalue weighted by Crippen LogP contribution is 2.25. The summed E-state index contributed by atoms with van der Waals surface area (Å²) in [5.74, 6) is -0.546. The van der Waals surface area contributed by atoms with Crippen molar-refractivity contribution in [2.75, 3.05) is 32.2 Å². The second-order valence-electron chi connectivity index (χ2n) is 5.04. The summed E-state index contributed by atoms with van der Waals surface area (Å²) in [6.45, 7) is 4.10. The van der Waals surface area contributed by atoms with E-state index in [0.717, 1.165) is 11.3 Å². The minimum Gasteiger partial charge on any atom is -0.385 e. The normalized spacial score (nSPS) is 16.9. The molecule has 0 unspecified atom stereocenters. The maximum Gasteiger partial charge on any atom is 0.269 e. The molecule has 0 saturated carbocycles. The third-order valence-corrected chi connectivity index (χ3v) is 3.39. The molecule has 0 aliphatic carbocycles. The summed E-state index contributed by atoms with van der Waals surface area (Å²) in [4.78, 5) is 10.4. The summed E-state index contributed by atoms with van der Waals surface area (Å²) >= 11 is 0. The molecule has 1 saturated heterocycles. The average molecular weight is 296 g/mol. The van der Waals surface area contributed by atoms with Crippen LogP contribution in [0.15, 0.2) is 18.2 Å². The number of nitro groups is 1. The van der Waals surface area contributed by atoms with Gasteiger partial charge in [-0.2, -0.15) is 0 Å². The minimum absolute atomic E-state index is 0.0574. The molecule has 116 valence electrons. The van der Waals surface area contributed by atoms with Crippen molar-refractivity contribution in [2.24, 2.45) is 0 Å². The number of methoxy groups -OCH3 is 1. The van der Waals surface area contributed by atoms with Crippen LogP contribution in [0.2, 0.25) is 0 Å². The van der Waals surface area contributed by atoms with Gasteiger partial charge in [-0.05, 0) is 13.0 Å². The van der Waals surface area contributed by atoms with Crippen LogP contribution in [0, 0.1) is 10.1 Å². The smallest absolute Gasteiger partial charge is 0.269 e. The standard InChI is InChI=1S/C14H20N2O5/c1-14(20-7-8-21-14)5-6-15-13-4-3-12(16(17)18)9-11(13)10-19-2/h3-4,9,15H,5-8,10H2,1-2H3. The summed E-state index contributed by atoms with van der Waals surface area (Å²) in [5, 5.41) is 14.1. The zero-order chi connectivity index (χ0) is 15.3. The van der Waals surface area contributed by atoms with Crippen molar-refractivity contribution in [3.63, 3.8) is 0 Å². The number of ether oxygens (including phenoxy) is 3. The molecule has 1 aliphatic rings. The highest BCUT2D eigenvalue weighted by atomic mass is 16.7. The Hall–Kier alpha value is -1.70. The van der Waals surface area contributed by atoms with Gasteiger partial charge in [0.1, 0.15) is 0 Å². The van der Waals surface area contributed by atoms with E-state index in [4.69, 9.17) is 14.2 Å². The molecule has 1 aromatic carbocycles. The maximum absolute atomic E-state index is 10.8. The second kappa shape index (κ2) is 6.84. The van der Waals surface area contributed by atoms with Crippen LogP contribution >= 0.6 is 0 Å². The van der Waals surface area contributed by atoms with Crippen LogP contribution in [0.25, 0.3) is 0 Å². The topological polar surface area (TPSA) is 82.9 Å². The van der Waals surface area contributed by atoms with Gasteiger partial charge in [-0.1, -0.05) is 0 Å². The number of non-ortho nitro benzene ring substituents is 1. The number of nitrogens with zero attached hydrogens (tertiary/aromatic N) is 1. The number of benzene rings is 1. The first-order valence-corrected chi connectivity index (χ1v) is 6.82. The van der Waals surface area contributed by atoms with Gasteiger partial charge in [0.15, 0.2) is 5.79 Å². The average Bonchev–Trinajstić information content (AvgIpc) is 2.87. The lowest BCUT2D eigenvalue weighted by Gasteiger charge is -2.22. The number of anilines is 1. The van der Waals surface area contributed by atoms with Gasteiger partial charge >= 0.3 is 0 Å². The van der Waals surface area contributed by atoms with Gasteiger partial charge in [0, 0.05) is 43.5 Å². The molecule has 1 aliphatic heterocycles. The molecule has 0 bridgehead atoms. The Balaban J connectivity index is 1.99. The lowest BCUT2D eigenvalue weighted by Crippen LogP contribution is -2.28. The van der Waals surface area contributed by atoms with Crippen LogP contribution in [-0.2, 0) is 20.8 Å². The van der Waals surface area contributed by atoms with E-state index in [9.17, 15) is 10.1 Å². The Bertz CT molecular complexity index is 500. The van der Waals surface area contributed by atoms with Crippen LogP contribution in [0.3, 0.4) is 0 Å². The van der Waals surface area contributed by atoms with Crippen LogP contribution in [-0.4, -0.2) is 37.6 Å². The first-order valence-electron chi connectivity index (χ1n) is 6.82. The predicted octanol–water partition coefficient (Wildman–Crippen LogP) is 2.31. The SMILES string of the molecule is COCc1cc([N+](=O)[O-])ccc1NCCC1(C)OCCO1. The van der Waals surface area contributed by atoms with Gasteiger partial charge in [-0.25, -0.2) is 0 Å². The number of nitro benzene ring substituents is 1. The van der Waals surface area contributed by atoms with Crippen molar-refractivity contribution in [1.29, 1.82) is 0 Å². The molecular weight excluding hydrogens is 276 g/mol. The zero-order valence-corrected chi connectivity index (χ0v) is 12.3. The lowest BCUT2D eigenvalue weighted by molar-refractivity contribution is -0.384. The number of rotatable bonds is 7. The van der Waals surface area contributed by atoms with Gasteiger partial charge in [0.05, 0.1) is 24.7 Å². The molecule has 2 rings (SSSR count). The maximum atomic E-state index is 10.8. The first kappa shape index (κ1) is 15.7. The third kappa shape index (κ3) is 4.13. The number of hydrogen-bond acceptors (Lipinski definition) is 6. The summed E-state index contributed by atoms with van der Waals surface area (Å²) in [6.07, 6.45) is 0.691. The van der Waals surface area contributed by atoms with Gasteiger partial charge in [-0.3, -0.25) is 10.1 Å². The molecule has 21 heavy (non-hydrogen) atoms. The van der Waals surface area contributed by atoms with Crippen LogP contribution in [0.5, 0.6) is 0 Å². The Morgan fingerprint density at radius 3 is 2.76 bits per heavy atom. The minimum atomic E-state index is -0.546. The quantitative estimate of drug-likeness (QED) is 0.614. The van der Waals surface area contributed by atoms with Crippen molar-refractivity contribution < 1.29 is 19.1 Å². The molecule has 1 aromatic rings. The molecule has 1 heterocycles. The van der Waals surface area contributed by atoms with E-state index >= 15 is 0 Å². The molecule has 0 spiro atoms. The number of nitrogens with one attached hydrogen (secondary N) is 1. The van der Waals surface area contributed by atoms with Gasteiger partial charge in [-0.15, -0.1) is 0 Å². The van der Waals surface area contributed by atoms with Crippen LogP contribution in [0.4, 0.5) is 11.4 Å². The van der Waals surface area contributed by atoms with E-state index in [1.807, 2.05) is 6.92 Å². The summed E-state index contributed by atoms with van der Waals surface area (Å²) < 4.78 is 16.2. The molecule has 0 aromatic heterocycles. The van der Waals surface area contributed by atoms with E-state index in [-0.39, 0.29) is 5.69 Å². The van der Waals surface area contributed by atoms with Crippen molar-refractivity contribution in [1.82, 2.24) is 0 Å². The molecule has 0 radical (unpaired) electrons. The fraction of sp³-hybridized carbons (Fsp3) is 0.571. The predicted molar refractivity (Wildman–Crippen MR) is 77.2 cm³/mol. The molecule has 7 nitrogen and oxygen atoms in total. The highest BCUT2D eigenvalue weighted by molar-refractivity contribution is 5.55. The largest absolute Gasteiger partial charge is 0.385 e.